The minimum absolute atomic E-state index is 0.0460. The molecule has 1 atom stereocenters. The number of carbonyl (C=O) groups is 2. The first kappa shape index (κ1) is 20.7. The fraction of sp³-hybridized carbons (Fsp3) is 0.391. The Morgan fingerprint density at radius 1 is 1.03 bits per heavy atom. The normalized spacial score (nSPS) is 15.5. The Morgan fingerprint density at radius 2 is 1.69 bits per heavy atom. The maximum absolute atomic E-state index is 13.0. The van der Waals surface area contributed by atoms with Gasteiger partial charge in [-0.25, -0.2) is 0 Å². The van der Waals surface area contributed by atoms with Crippen LogP contribution in [0.2, 0.25) is 0 Å². The van der Waals surface area contributed by atoms with Crippen molar-refractivity contribution in [3.63, 3.8) is 0 Å². The number of ether oxygens (including phenoxy) is 2. The van der Waals surface area contributed by atoms with E-state index in [2.05, 4.69) is 0 Å². The fourth-order valence-corrected chi connectivity index (χ4v) is 3.91. The number of unbranched alkanes of at least 4 members (excludes halogenated alkanes) is 1. The maximum atomic E-state index is 13.0. The van der Waals surface area contributed by atoms with Gasteiger partial charge in [-0.2, -0.15) is 0 Å². The second-order valence-electron chi connectivity index (χ2n) is 7.16. The third-order valence-corrected chi connectivity index (χ3v) is 5.34. The number of methoxy groups -OCH3 is 2. The van der Waals surface area contributed by atoms with E-state index >= 15 is 0 Å². The van der Waals surface area contributed by atoms with Gasteiger partial charge >= 0.3 is 5.97 Å². The molecule has 1 N–H and O–H groups in total. The van der Waals surface area contributed by atoms with Gasteiger partial charge in [0.1, 0.15) is 0 Å². The molecule has 154 valence electrons. The highest BCUT2D eigenvalue weighted by Crippen LogP contribution is 2.41. The van der Waals surface area contributed by atoms with E-state index in [1.54, 1.807) is 14.2 Å². The molecular weight excluding hydrogens is 370 g/mol. The molecule has 0 spiro atoms. The topological polar surface area (TPSA) is 76.1 Å². The zero-order chi connectivity index (χ0) is 20.8. The van der Waals surface area contributed by atoms with E-state index in [1.165, 1.54) is 0 Å². The minimum atomic E-state index is -0.826. The molecule has 29 heavy (non-hydrogen) atoms. The van der Waals surface area contributed by atoms with E-state index in [0.29, 0.717) is 37.3 Å². The first-order valence-electron chi connectivity index (χ1n) is 9.86. The molecule has 0 saturated heterocycles. The minimum Gasteiger partial charge on any atom is -0.493 e. The monoisotopic (exact) mass is 397 g/mol. The average Bonchev–Trinajstić information content (AvgIpc) is 2.75. The molecule has 2 aromatic carbocycles. The number of aliphatic carboxylic acids is 1. The van der Waals surface area contributed by atoms with Crippen LogP contribution in [-0.4, -0.2) is 42.6 Å². The van der Waals surface area contributed by atoms with Crippen LogP contribution in [0.25, 0.3) is 0 Å². The Hall–Kier alpha value is -3.02. The number of hydrogen-bond acceptors (Lipinski definition) is 4. The first-order valence-corrected chi connectivity index (χ1v) is 9.86. The number of amides is 1. The second kappa shape index (κ2) is 9.45. The number of fused-ring (bicyclic) bond motifs is 1. The van der Waals surface area contributed by atoms with Gasteiger partial charge < -0.3 is 19.5 Å². The molecule has 0 fully saturated rings. The molecule has 0 radical (unpaired) electrons. The number of benzene rings is 2. The first-order chi connectivity index (χ1) is 14.0. The molecule has 1 unspecified atom stereocenters. The van der Waals surface area contributed by atoms with Gasteiger partial charge in [0.25, 0.3) is 0 Å². The van der Waals surface area contributed by atoms with Crippen LogP contribution in [0, 0.1) is 0 Å². The predicted molar refractivity (Wildman–Crippen MR) is 109 cm³/mol. The summed E-state index contributed by atoms with van der Waals surface area (Å²) >= 11 is 0. The van der Waals surface area contributed by atoms with Crippen molar-refractivity contribution in [2.24, 2.45) is 0 Å². The van der Waals surface area contributed by atoms with E-state index < -0.39 is 5.97 Å². The van der Waals surface area contributed by atoms with Gasteiger partial charge in [-0.1, -0.05) is 30.3 Å². The van der Waals surface area contributed by atoms with Gasteiger partial charge in [-0.3, -0.25) is 9.59 Å². The van der Waals surface area contributed by atoms with Crippen LogP contribution >= 0.6 is 0 Å². The summed E-state index contributed by atoms with van der Waals surface area (Å²) in [7, 11) is 3.23. The quantitative estimate of drug-likeness (QED) is 0.685. The Kier molecular flexibility index (Phi) is 6.75. The molecule has 6 nitrogen and oxygen atoms in total. The average molecular weight is 397 g/mol. The van der Waals surface area contributed by atoms with E-state index in [9.17, 15) is 9.59 Å². The van der Waals surface area contributed by atoms with Gasteiger partial charge in [-0.15, -0.1) is 0 Å². The fourth-order valence-electron chi connectivity index (χ4n) is 3.91. The summed E-state index contributed by atoms with van der Waals surface area (Å²) in [5, 5.41) is 8.80. The molecular formula is C23H27NO5. The van der Waals surface area contributed by atoms with E-state index in [1.807, 2.05) is 47.4 Å². The highest BCUT2D eigenvalue weighted by molar-refractivity contribution is 5.78. The van der Waals surface area contributed by atoms with Crippen LogP contribution in [0.1, 0.15) is 48.4 Å². The third kappa shape index (κ3) is 4.70. The van der Waals surface area contributed by atoms with Crippen LogP contribution in [0.5, 0.6) is 11.5 Å². The molecule has 0 bridgehead atoms. The summed E-state index contributed by atoms with van der Waals surface area (Å²) in [5.74, 6) is 0.548. The molecule has 2 aromatic rings. The number of nitrogens with zero attached hydrogens (tertiary/aromatic N) is 1. The Bertz CT molecular complexity index is 865. The number of carboxylic acid groups (broad SMARTS) is 1. The SMILES string of the molecule is COc1cc2c(cc1OC)C(c1ccccc1)N(C(=O)CCCCC(=O)O)CC2. The summed E-state index contributed by atoms with van der Waals surface area (Å²) in [4.78, 5) is 25.7. The third-order valence-electron chi connectivity index (χ3n) is 5.34. The highest BCUT2D eigenvalue weighted by atomic mass is 16.5. The Morgan fingerprint density at radius 3 is 2.34 bits per heavy atom. The summed E-state index contributed by atoms with van der Waals surface area (Å²) < 4.78 is 10.9. The molecule has 3 rings (SSSR count). The van der Waals surface area contributed by atoms with Crippen molar-refractivity contribution in [1.82, 2.24) is 4.90 Å². The largest absolute Gasteiger partial charge is 0.493 e. The van der Waals surface area contributed by atoms with Gasteiger partial charge in [0.15, 0.2) is 11.5 Å². The number of hydrogen-bond donors (Lipinski definition) is 1. The number of carboxylic acids is 1. The lowest BCUT2D eigenvalue weighted by molar-refractivity contribution is -0.138. The second-order valence-corrected chi connectivity index (χ2v) is 7.16. The summed E-state index contributed by atoms with van der Waals surface area (Å²) in [6.07, 6.45) is 2.25. The van der Waals surface area contributed by atoms with Crippen molar-refractivity contribution in [2.45, 2.75) is 38.1 Å². The maximum Gasteiger partial charge on any atom is 0.303 e. The standard InChI is InChI=1S/C23H27NO5/c1-28-19-14-17-12-13-24(21(25)10-6-7-11-22(26)27)23(16-8-4-3-5-9-16)18(17)15-20(19)29-2/h3-5,8-9,14-15,23H,6-7,10-13H2,1-2H3,(H,26,27). The Labute approximate surface area is 171 Å². The van der Waals surface area contributed by atoms with E-state index in [-0.39, 0.29) is 18.4 Å². The smallest absolute Gasteiger partial charge is 0.303 e. The van der Waals surface area contributed by atoms with Gasteiger partial charge in [0.2, 0.25) is 5.91 Å². The summed E-state index contributed by atoms with van der Waals surface area (Å²) in [5.41, 5.74) is 3.23. The predicted octanol–water partition coefficient (Wildman–Crippen LogP) is 3.82. The van der Waals surface area contributed by atoms with Crippen LogP contribution in [0.3, 0.4) is 0 Å². The molecule has 6 heteroatoms. The van der Waals surface area contributed by atoms with Crippen LogP contribution in [0.15, 0.2) is 42.5 Å². The molecule has 1 aliphatic heterocycles. The van der Waals surface area contributed by atoms with Crippen molar-refractivity contribution < 1.29 is 24.2 Å². The van der Waals surface area contributed by atoms with Crippen LogP contribution in [0.4, 0.5) is 0 Å². The number of rotatable bonds is 8. The van der Waals surface area contributed by atoms with Crippen LogP contribution in [-0.2, 0) is 16.0 Å². The van der Waals surface area contributed by atoms with E-state index in [0.717, 1.165) is 23.1 Å². The van der Waals surface area contributed by atoms with Gasteiger partial charge in [-0.05, 0) is 48.1 Å². The lowest BCUT2D eigenvalue weighted by atomic mass is 9.87. The molecule has 0 aromatic heterocycles. The summed E-state index contributed by atoms with van der Waals surface area (Å²) in [6.45, 7) is 0.611. The van der Waals surface area contributed by atoms with E-state index in [4.69, 9.17) is 14.6 Å². The lowest BCUT2D eigenvalue weighted by Crippen LogP contribution is -2.40. The number of carbonyl (C=O) groups excluding carboxylic acids is 1. The molecule has 1 amide bonds. The van der Waals surface area contributed by atoms with Crippen molar-refractivity contribution >= 4 is 11.9 Å². The molecule has 1 heterocycles. The van der Waals surface area contributed by atoms with Gasteiger partial charge in [0.05, 0.1) is 20.3 Å². The molecule has 0 aliphatic carbocycles. The Balaban J connectivity index is 1.92. The summed E-state index contributed by atoms with van der Waals surface area (Å²) in [6, 6.07) is 13.7. The lowest BCUT2D eigenvalue weighted by Gasteiger charge is -2.38. The van der Waals surface area contributed by atoms with Crippen molar-refractivity contribution in [3.8, 4) is 11.5 Å². The van der Waals surface area contributed by atoms with Gasteiger partial charge in [0, 0.05) is 19.4 Å². The van der Waals surface area contributed by atoms with Crippen molar-refractivity contribution in [2.75, 3.05) is 20.8 Å². The molecule has 0 saturated carbocycles. The van der Waals surface area contributed by atoms with Crippen LogP contribution < -0.4 is 9.47 Å². The van der Waals surface area contributed by atoms with Crippen molar-refractivity contribution in [1.29, 1.82) is 0 Å². The molecule has 1 aliphatic rings. The zero-order valence-corrected chi connectivity index (χ0v) is 16.9. The van der Waals surface area contributed by atoms with Crippen molar-refractivity contribution in [3.05, 3.63) is 59.2 Å². The highest BCUT2D eigenvalue weighted by Gasteiger charge is 2.32. The zero-order valence-electron chi connectivity index (χ0n) is 16.9.